The number of hydrogen-bond donors (Lipinski definition) is 1. The number of rotatable bonds is 14. The summed E-state index contributed by atoms with van der Waals surface area (Å²) < 4.78 is 12.4. The van der Waals surface area contributed by atoms with Crippen LogP contribution in [0.15, 0.2) is 79.9 Å². The van der Waals surface area contributed by atoms with E-state index >= 15 is 0 Å². The zero-order valence-electron chi connectivity index (χ0n) is 27.4. The quantitative estimate of drug-likeness (QED) is 0.296. The minimum absolute atomic E-state index is 0.141. The zero-order valence-corrected chi connectivity index (χ0v) is 27.4. The number of likely N-dealkylation sites (tertiary alicyclic amines) is 1. The Morgan fingerprint density at radius 2 is 1.63 bits per heavy atom. The smallest absolute Gasteiger partial charge is 0.253 e. The summed E-state index contributed by atoms with van der Waals surface area (Å²) in [6, 6.07) is 14.9. The Hall–Kier alpha value is -3.95. The van der Waals surface area contributed by atoms with Gasteiger partial charge in [0.05, 0.1) is 37.2 Å². The molecule has 2 aromatic carbocycles. The van der Waals surface area contributed by atoms with Crippen LogP contribution in [0.2, 0.25) is 0 Å². The lowest BCUT2D eigenvalue weighted by molar-refractivity contribution is -0.149. The molecule has 2 aromatic rings. The predicted molar refractivity (Wildman–Crippen MR) is 179 cm³/mol. The van der Waals surface area contributed by atoms with Gasteiger partial charge >= 0.3 is 0 Å². The molecule has 0 radical (unpaired) electrons. The van der Waals surface area contributed by atoms with Gasteiger partial charge in [0.15, 0.2) is 0 Å². The number of carbonyl (C=O) groups excluding carboxylic acids is 3. The number of methoxy groups -OCH3 is 1. The van der Waals surface area contributed by atoms with Gasteiger partial charge in [0.1, 0.15) is 17.4 Å². The first-order valence-electron chi connectivity index (χ1n) is 16.3. The van der Waals surface area contributed by atoms with E-state index in [0.29, 0.717) is 42.8 Å². The highest BCUT2D eigenvalue weighted by molar-refractivity contribution is 6.07. The third-order valence-electron chi connectivity index (χ3n) is 10.1. The van der Waals surface area contributed by atoms with Crippen LogP contribution in [0.4, 0.5) is 11.4 Å². The van der Waals surface area contributed by atoms with Crippen LogP contribution >= 0.6 is 0 Å². The van der Waals surface area contributed by atoms with Crippen LogP contribution in [-0.4, -0.2) is 77.8 Å². The topological polar surface area (TPSA) is 99.6 Å². The van der Waals surface area contributed by atoms with E-state index < -0.39 is 35.1 Å². The van der Waals surface area contributed by atoms with Gasteiger partial charge in [-0.1, -0.05) is 51.1 Å². The van der Waals surface area contributed by atoms with Gasteiger partial charge in [0, 0.05) is 24.5 Å². The van der Waals surface area contributed by atoms with Crippen molar-refractivity contribution >= 4 is 29.1 Å². The molecule has 0 saturated carbocycles. The van der Waals surface area contributed by atoms with Crippen LogP contribution in [0.25, 0.3) is 0 Å². The van der Waals surface area contributed by atoms with Crippen molar-refractivity contribution in [2.45, 2.75) is 69.7 Å². The van der Waals surface area contributed by atoms with Gasteiger partial charge in [-0.25, -0.2) is 0 Å². The second-order valence-corrected chi connectivity index (χ2v) is 13.1. The van der Waals surface area contributed by atoms with Crippen molar-refractivity contribution in [1.82, 2.24) is 4.90 Å². The largest absolute Gasteiger partial charge is 0.497 e. The van der Waals surface area contributed by atoms with Crippen molar-refractivity contribution in [3.63, 3.8) is 0 Å². The molecule has 1 N–H and O–H groups in total. The number of nitrogens with zero attached hydrogens (tertiary/aromatic N) is 3. The van der Waals surface area contributed by atoms with Gasteiger partial charge in [0.25, 0.3) is 5.91 Å². The predicted octanol–water partition coefficient (Wildman–Crippen LogP) is 5.00. The molecule has 3 fully saturated rings. The first-order valence-corrected chi connectivity index (χ1v) is 16.3. The SMILES string of the molecule is C=CCN(C(=O)C1N([C@@H](CO)CC(C)C)C(=O)[C@@H]2[C@H](C(=O)N(CC=C)c3ccccc3)[C@]3(CC)CCC12O3)c1ccc(OC)cc1. The summed E-state index contributed by atoms with van der Waals surface area (Å²) in [5, 5.41) is 10.7. The number of hydrogen-bond acceptors (Lipinski definition) is 6. The van der Waals surface area contributed by atoms with E-state index in [9.17, 15) is 19.5 Å². The number of carbonyl (C=O) groups is 3. The number of anilines is 2. The summed E-state index contributed by atoms with van der Waals surface area (Å²) in [5.41, 5.74) is -0.826. The summed E-state index contributed by atoms with van der Waals surface area (Å²) in [6.45, 7) is 14.0. The fraction of sp³-hybridized carbons (Fsp3) is 0.486. The number of aliphatic hydroxyl groups is 1. The molecular weight excluding hydrogens is 582 g/mol. The second kappa shape index (κ2) is 13.4. The van der Waals surface area contributed by atoms with Crippen molar-refractivity contribution in [2.75, 3.05) is 36.6 Å². The molecule has 9 nitrogen and oxygen atoms in total. The molecule has 3 saturated heterocycles. The third-order valence-corrected chi connectivity index (χ3v) is 10.1. The Balaban J connectivity index is 1.65. The molecule has 9 heteroatoms. The van der Waals surface area contributed by atoms with Crippen LogP contribution in [0, 0.1) is 17.8 Å². The maximum atomic E-state index is 15.0. The van der Waals surface area contributed by atoms with Crippen molar-refractivity contribution in [1.29, 1.82) is 0 Å². The number of para-hydroxylation sites is 1. The lowest BCUT2D eigenvalue weighted by Crippen LogP contribution is -2.59. The molecular formula is C37H47N3O6. The fourth-order valence-corrected chi connectivity index (χ4v) is 8.11. The van der Waals surface area contributed by atoms with Crippen molar-refractivity contribution < 1.29 is 29.0 Å². The molecule has 1 spiro atoms. The maximum Gasteiger partial charge on any atom is 0.253 e. The normalized spacial score (nSPS) is 27.0. The highest BCUT2D eigenvalue weighted by Gasteiger charge is 2.79. The van der Waals surface area contributed by atoms with E-state index in [-0.39, 0.29) is 43.3 Å². The maximum absolute atomic E-state index is 15.0. The molecule has 0 aromatic heterocycles. The second-order valence-electron chi connectivity index (χ2n) is 13.1. The van der Waals surface area contributed by atoms with Gasteiger partial charge in [-0.15, -0.1) is 13.2 Å². The lowest BCUT2D eigenvalue weighted by Gasteiger charge is -2.40. The van der Waals surface area contributed by atoms with Gasteiger partial charge < -0.3 is 29.3 Å². The van der Waals surface area contributed by atoms with E-state index in [2.05, 4.69) is 13.2 Å². The van der Waals surface area contributed by atoms with Crippen LogP contribution < -0.4 is 14.5 Å². The molecule has 2 bridgehead atoms. The van der Waals surface area contributed by atoms with Crippen LogP contribution in [0.3, 0.4) is 0 Å². The van der Waals surface area contributed by atoms with Gasteiger partial charge in [-0.3, -0.25) is 14.4 Å². The summed E-state index contributed by atoms with van der Waals surface area (Å²) in [6.07, 6.45) is 5.31. The molecule has 0 aliphatic carbocycles. The summed E-state index contributed by atoms with van der Waals surface area (Å²) >= 11 is 0. The van der Waals surface area contributed by atoms with Crippen molar-refractivity contribution in [3.8, 4) is 5.75 Å². The number of ether oxygens (including phenoxy) is 2. The van der Waals surface area contributed by atoms with E-state index in [1.54, 1.807) is 58.2 Å². The molecule has 46 heavy (non-hydrogen) atoms. The van der Waals surface area contributed by atoms with E-state index in [4.69, 9.17) is 9.47 Å². The minimum atomic E-state index is -1.24. The summed E-state index contributed by atoms with van der Waals surface area (Å²) in [4.78, 5) is 49.5. The highest BCUT2D eigenvalue weighted by atomic mass is 16.5. The number of benzene rings is 2. The molecule has 246 valence electrons. The molecule has 3 heterocycles. The minimum Gasteiger partial charge on any atom is -0.497 e. The average molecular weight is 630 g/mol. The van der Waals surface area contributed by atoms with E-state index in [0.717, 1.165) is 0 Å². The zero-order chi connectivity index (χ0) is 33.2. The van der Waals surface area contributed by atoms with Crippen LogP contribution in [-0.2, 0) is 19.1 Å². The van der Waals surface area contributed by atoms with E-state index in [1.165, 1.54) is 0 Å². The highest BCUT2D eigenvalue weighted by Crippen LogP contribution is 2.65. The monoisotopic (exact) mass is 629 g/mol. The van der Waals surface area contributed by atoms with E-state index in [1.807, 2.05) is 51.1 Å². The van der Waals surface area contributed by atoms with Gasteiger partial charge in [-0.05, 0) is 68.0 Å². The Morgan fingerprint density at radius 3 is 2.17 bits per heavy atom. The molecule has 3 aliphatic heterocycles. The first-order chi connectivity index (χ1) is 22.1. The van der Waals surface area contributed by atoms with Gasteiger partial charge in [-0.2, -0.15) is 0 Å². The lowest BCUT2D eigenvalue weighted by atomic mass is 9.64. The Labute approximate surface area is 272 Å². The molecule has 3 amide bonds. The van der Waals surface area contributed by atoms with Crippen LogP contribution in [0.1, 0.15) is 46.5 Å². The molecule has 2 unspecified atom stereocenters. The Kier molecular flexibility index (Phi) is 9.75. The molecule has 3 aliphatic rings. The summed E-state index contributed by atoms with van der Waals surface area (Å²) in [7, 11) is 1.58. The number of amides is 3. The van der Waals surface area contributed by atoms with Crippen molar-refractivity contribution in [2.24, 2.45) is 17.8 Å². The van der Waals surface area contributed by atoms with Gasteiger partial charge in [0.2, 0.25) is 11.8 Å². The number of fused-ring (bicyclic) bond motifs is 1. The first kappa shape index (κ1) is 33.4. The molecule has 5 rings (SSSR count). The fourth-order valence-electron chi connectivity index (χ4n) is 8.11. The third kappa shape index (κ3) is 5.43. The van der Waals surface area contributed by atoms with Crippen molar-refractivity contribution in [3.05, 3.63) is 79.9 Å². The number of aliphatic hydroxyl groups excluding tert-OH is 1. The van der Waals surface area contributed by atoms with Crippen LogP contribution in [0.5, 0.6) is 5.75 Å². The summed E-state index contributed by atoms with van der Waals surface area (Å²) in [5.74, 6) is -1.77. The standard InChI is InChI=1S/C37H47N3O6/c1-7-21-38(26-13-11-10-12-14-26)33(42)30-31-34(43)40(28(24-41)23-25(4)5)32(37(31)20-19-36(30,9-3)46-37)35(44)39(22-8-2)27-15-17-29(45-6)18-16-27/h7-8,10-18,25,28,30-32,41H,1-2,9,19-24H2,3-6H3/t28-,30-,31+,32?,36+,37?/m1/s1. The average Bonchev–Trinajstić information content (AvgIpc) is 3.68. The Bertz CT molecular complexity index is 1440. The Morgan fingerprint density at radius 1 is 1.02 bits per heavy atom. The molecule has 6 atom stereocenters.